The molecule has 0 amide bonds. The number of rotatable bonds is 18. The molecule has 0 aromatic heterocycles. The highest BCUT2D eigenvalue weighted by Gasteiger charge is 2.47. The highest BCUT2D eigenvalue weighted by atomic mass is 33.1. The molecule has 2 aliphatic rings. The van der Waals surface area contributed by atoms with E-state index in [1.165, 1.54) is 12.8 Å². The van der Waals surface area contributed by atoms with Gasteiger partial charge < -0.3 is 32.1 Å². The lowest BCUT2D eigenvalue weighted by molar-refractivity contribution is -0.0312. The topological polar surface area (TPSA) is 115 Å². The van der Waals surface area contributed by atoms with Crippen LogP contribution in [0.25, 0.3) is 0 Å². The molecule has 6 atom stereocenters. The van der Waals surface area contributed by atoms with Crippen molar-refractivity contribution in [1.82, 2.24) is 0 Å². The van der Waals surface area contributed by atoms with Crippen molar-refractivity contribution >= 4 is 50.0 Å². The van der Waals surface area contributed by atoms with Crippen LogP contribution < -0.4 is 4.52 Å². The van der Waals surface area contributed by atoms with Crippen LogP contribution in [-0.4, -0.2) is 75.1 Å². The number of ether oxygens (including phenoxy) is 2. The molecule has 10 nitrogen and oxygen atoms in total. The fourth-order valence-corrected chi connectivity index (χ4v) is 8.64. The molecule has 0 saturated carbocycles. The molecule has 0 bridgehead atoms. The van der Waals surface area contributed by atoms with Crippen molar-refractivity contribution in [2.45, 2.75) is 63.9 Å². The van der Waals surface area contributed by atoms with Crippen LogP contribution >= 0.6 is 37.8 Å². The van der Waals surface area contributed by atoms with Crippen LogP contribution in [0, 0.1) is 11.3 Å². The van der Waals surface area contributed by atoms with E-state index in [9.17, 15) is 4.79 Å². The van der Waals surface area contributed by atoms with Crippen LogP contribution in [0.3, 0.4) is 0 Å². The summed E-state index contributed by atoms with van der Waals surface area (Å²) in [6.45, 7) is 4.67. The molecule has 1 fully saturated rings. The molecule has 0 radical (unpaired) electrons. The van der Waals surface area contributed by atoms with Gasteiger partial charge >= 0.3 is 14.6 Å². The summed E-state index contributed by atoms with van der Waals surface area (Å²) in [5.74, 6) is 2.00. The highest BCUT2D eigenvalue weighted by molar-refractivity contribution is 8.76. The summed E-state index contributed by atoms with van der Waals surface area (Å²) in [5, 5.41) is 8.96. The van der Waals surface area contributed by atoms with Crippen LogP contribution in [0.1, 0.15) is 49.9 Å². The Kier molecular flexibility index (Phi) is 14.4. The van der Waals surface area contributed by atoms with Gasteiger partial charge in [0.15, 0.2) is 0 Å². The van der Waals surface area contributed by atoms with E-state index in [0.717, 1.165) is 17.9 Å². The summed E-state index contributed by atoms with van der Waals surface area (Å²) in [4.78, 5) is 12.3. The molecular formula is C25H37NO9P2S2. The molecule has 2 heterocycles. The summed E-state index contributed by atoms with van der Waals surface area (Å²) in [6, 6.07) is 8.90. The normalized spacial score (nSPS) is 25.8. The van der Waals surface area contributed by atoms with Crippen LogP contribution in [0.4, 0.5) is 0 Å². The van der Waals surface area contributed by atoms with Gasteiger partial charge in [0.25, 0.3) is 7.57 Å². The van der Waals surface area contributed by atoms with E-state index in [1.807, 2.05) is 28.5 Å². The third-order valence-corrected chi connectivity index (χ3v) is 11.0. The van der Waals surface area contributed by atoms with Gasteiger partial charge in [-0.15, -0.1) is 0 Å². The zero-order valence-electron chi connectivity index (χ0n) is 22.5. The molecule has 0 N–H and O–H groups in total. The minimum Gasteiger partial charge on any atom is -0.417 e. The Morgan fingerprint density at radius 1 is 1.13 bits per heavy atom. The van der Waals surface area contributed by atoms with Gasteiger partial charge in [-0.3, -0.25) is 4.52 Å². The van der Waals surface area contributed by atoms with Crippen LogP contribution in [0.15, 0.2) is 24.3 Å². The van der Waals surface area contributed by atoms with E-state index in [4.69, 9.17) is 41.9 Å². The van der Waals surface area contributed by atoms with E-state index in [-0.39, 0.29) is 25.7 Å². The summed E-state index contributed by atoms with van der Waals surface area (Å²) in [5.41, 5.74) is 0.356. The summed E-state index contributed by atoms with van der Waals surface area (Å²) in [7, 11) is 0.292. The second-order valence-electron chi connectivity index (χ2n) is 8.67. The maximum Gasteiger partial charge on any atom is 0.465 e. The number of carbonyl (C=O) groups is 1. The van der Waals surface area contributed by atoms with Crippen LogP contribution in [-0.2, 0) is 32.1 Å². The minimum atomic E-state index is -3.03. The van der Waals surface area contributed by atoms with Gasteiger partial charge in [-0.2, -0.15) is 5.26 Å². The average molecular weight is 622 g/mol. The number of nitriles is 1. The predicted molar refractivity (Wildman–Crippen MR) is 156 cm³/mol. The lowest BCUT2D eigenvalue weighted by atomic mass is 10.1. The van der Waals surface area contributed by atoms with Crippen LogP contribution in [0.2, 0.25) is 0 Å². The van der Waals surface area contributed by atoms with Crippen molar-refractivity contribution in [3.63, 3.8) is 0 Å². The van der Waals surface area contributed by atoms with Gasteiger partial charge in [0.1, 0.15) is 29.6 Å². The standard InChI is InChI=1S/C25H37NO9P2S2/c1-5-6-16-38-39-17-10-15-31-37(4,30-14-9-13-26)35-23-19(2)32-22(24(23)28-3)18-29-36-33-21-12-8-7-11-20(21)25(27)34-36/h7-8,11-12,19,22-24H,4-6,9-10,14-18H2,1-3H3/t19-,22+,23?,24-,36?,37?/m0/s1. The molecule has 14 heteroatoms. The monoisotopic (exact) mass is 621 g/mol. The van der Waals surface area contributed by atoms with E-state index in [0.29, 0.717) is 17.9 Å². The van der Waals surface area contributed by atoms with Crippen molar-refractivity contribution in [1.29, 1.82) is 5.26 Å². The number of hydrogen-bond donors (Lipinski definition) is 0. The zero-order valence-corrected chi connectivity index (χ0v) is 25.9. The van der Waals surface area contributed by atoms with Crippen molar-refractivity contribution in [3.8, 4) is 11.8 Å². The third-order valence-electron chi connectivity index (χ3n) is 5.70. The van der Waals surface area contributed by atoms with Crippen molar-refractivity contribution in [2.24, 2.45) is 0 Å². The predicted octanol–water partition coefficient (Wildman–Crippen LogP) is 6.38. The summed E-state index contributed by atoms with van der Waals surface area (Å²) in [6.07, 6.45) is 5.56. The first kappa shape index (κ1) is 32.7. The lowest BCUT2D eigenvalue weighted by Gasteiger charge is -2.30. The molecule has 1 aromatic carbocycles. The van der Waals surface area contributed by atoms with Crippen molar-refractivity contribution in [3.05, 3.63) is 29.8 Å². The van der Waals surface area contributed by atoms with Gasteiger partial charge in [0, 0.05) is 18.6 Å². The number of para-hydroxylation sites is 1. The number of nitrogens with zero attached hydrogens (tertiary/aromatic N) is 1. The molecule has 0 aliphatic carbocycles. The Bertz CT molecular complexity index is 999. The molecule has 218 valence electrons. The minimum absolute atomic E-state index is 0.0511. The zero-order chi connectivity index (χ0) is 28.1. The fraction of sp³-hybridized carbons (Fsp3) is 0.640. The van der Waals surface area contributed by atoms with Gasteiger partial charge in [-0.1, -0.05) is 47.1 Å². The molecule has 0 spiro atoms. The summed E-state index contributed by atoms with van der Waals surface area (Å²) >= 11 is 0. The molecule has 39 heavy (non-hydrogen) atoms. The Hall–Kier alpha value is -0.830. The molecule has 2 aliphatic heterocycles. The Morgan fingerprint density at radius 2 is 1.87 bits per heavy atom. The van der Waals surface area contributed by atoms with Gasteiger partial charge in [-0.25, -0.2) is 4.79 Å². The van der Waals surface area contributed by atoms with E-state index in [2.05, 4.69) is 19.3 Å². The Balaban J connectivity index is 1.54. The highest BCUT2D eigenvalue weighted by Crippen LogP contribution is 2.53. The average Bonchev–Trinajstić information content (AvgIpc) is 3.22. The van der Waals surface area contributed by atoms with Gasteiger partial charge in [0.05, 0.1) is 38.4 Å². The Morgan fingerprint density at radius 3 is 2.62 bits per heavy atom. The van der Waals surface area contributed by atoms with Crippen molar-refractivity contribution < 1.29 is 41.4 Å². The number of fused-ring (bicyclic) bond motifs is 1. The molecule has 3 unspecified atom stereocenters. The molecular weight excluding hydrogens is 584 g/mol. The summed E-state index contributed by atoms with van der Waals surface area (Å²) < 4.78 is 46.9. The SMILES string of the molecule is C=P(OCCC#N)(OCCCSSCCCC)OC1[C@H](C)O[C@H](COP2OC(=O)c3ccccc3O2)[C@@H]1OC. The first-order valence-electron chi connectivity index (χ1n) is 12.8. The van der Waals surface area contributed by atoms with E-state index < -0.39 is 40.5 Å². The number of hydrogen-bond acceptors (Lipinski definition) is 12. The first-order chi connectivity index (χ1) is 18.9. The first-order valence-corrected chi connectivity index (χ1v) is 18.1. The number of methoxy groups -OCH3 is 1. The van der Waals surface area contributed by atoms with E-state index >= 15 is 0 Å². The number of unbranched alkanes of at least 4 members (excludes halogenated alkanes) is 1. The molecule has 1 saturated heterocycles. The number of carbonyl (C=O) groups excluding carboxylic acids is 1. The second kappa shape index (κ2) is 17.2. The van der Waals surface area contributed by atoms with Crippen molar-refractivity contribution in [2.75, 3.05) is 38.4 Å². The maximum absolute atomic E-state index is 12.3. The molecule has 3 rings (SSSR count). The Labute approximate surface area is 240 Å². The smallest absolute Gasteiger partial charge is 0.417 e. The van der Waals surface area contributed by atoms with E-state index in [1.54, 1.807) is 31.4 Å². The third kappa shape index (κ3) is 10.2. The number of benzene rings is 1. The quantitative estimate of drug-likeness (QED) is 0.103. The largest absolute Gasteiger partial charge is 0.465 e. The van der Waals surface area contributed by atoms with Crippen LogP contribution in [0.5, 0.6) is 5.75 Å². The lowest BCUT2D eigenvalue weighted by Crippen LogP contribution is -2.37. The molecule has 1 aromatic rings. The second-order valence-corrected chi connectivity index (χ2v) is 14.4. The van der Waals surface area contributed by atoms with Gasteiger partial charge in [0.2, 0.25) is 0 Å². The maximum atomic E-state index is 12.3. The van der Waals surface area contributed by atoms with Gasteiger partial charge in [-0.05, 0) is 38.2 Å². The fourth-order valence-electron chi connectivity index (χ4n) is 3.75.